The van der Waals surface area contributed by atoms with Crippen LogP contribution >= 0.6 is 0 Å². The van der Waals surface area contributed by atoms with Crippen LogP contribution in [0, 0.1) is 46.3 Å². The lowest BCUT2D eigenvalue weighted by atomic mass is 9.43. The second-order valence-electron chi connectivity index (χ2n) is 11.4. The lowest BCUT2D eigenvalue weighted by Gasteiger charge is -2.63. The van der Waals surface area contributed by atoms with E-state index in [1.165, 1.54) is 0 Å². The van der Waals surface area contributed by atoms with Gasteiger partial charge < -0.3 is 25.2 Å². The van der Waals surface area contributed by atoms with Crippen molar-refractivity contribution in [2.45, 2.75) is 96.9 Å². The molecule has 4 aliphatic rings. The Balaban J connectivity index is 1.61. The Labute approximate surface area is 174 Å². The molecule has 0 aromatic carbocycles. The molecule has 0 heterocycles. The second kappa shape index (κ2) is 7.49. The van der Waals surface area contributed by atoms with Crippen LogP contribution in [0.2, 0.25) is 0 Å². The molecule has 11 atom stereocenters. The molecule has 4 saturated carbocycles. The van der Waals surface area contributed by atoms with E-state index in [1.54, 1.807) is 0 Å². The molecule has 5 heteroatoms. The van der Waals surface area contributed by atoms with Crippen LogP contribution < -0.4 is 5.11 Å². The highest BCUT2D eigenvalue weighted by Gasteiger charge is 2.65. The van der Waals surface area contributed by atoms with Gasteiger partial charge in [-0.1, -0.05) is 20.8 Å². The average molecular weight is 408 g/mol. The molecule has 0 aromatic heterocycles. The molecule has 0 radical (unpaired) electrons. The Bertz CT molecular complexity index is 637. The third-order valence-corrected chi connectivity index (χ3v) is 10.3. The summed E-state index contributed by atoms with van der Waals surface area (Å²) in [7, 11) is 0. The highest BCUT2D eigenvalue weighted by molar-refractivity contribution is 5.64. The lowest BCUT2D eigenvalue weighted by Crippen LogP contribution is -2.62. The maximum absolute atomic E-state index is 11.5. The number of aliphatic hydroxyl groups is 3. The number of aliphatic hydroxyl groups excluding tert-OH is 3. The van der Waals surface area contributed by atoms with Gasteiger partial charge in [-0.2, -0.15) is 0 Å². The highest BCUT2D eigenvalue weighted by atomic mass is 16.4. The molecule has 166 valence electrons. The van der Waals surface area contributed by atoms with Gasteiger partial charge in [-0.3, -0.25) is 0 Å². The van der Waals surface area contributed by atoms with Gasteiger partial charge in [-0.15, -0.1) is 0 Å². The molecule has 29 heavy (non-hydrogen) atoms. The summed E-state index contributed by atoms with van der Waals surface area (Å²) in [5, 5.41) is 43.9. The normalized spacial score (nSPS) is 52.9. The maximum Gasteiger partial charge on any atom is 0.0602 e. The molecule has 3 N–H and O–H groups in total. The minimum atomic E-state index is -0.998. The van der Waals surface area contributed by atoms with Crippen LogP contribution in [-0.2, 0) is 4.79 Å². The fourth-order valence-corrected chi connectivity index (χ4v) is 8.68. The smallest absolute Gasteiger partial charge is 0.0602 e. The van der Waals surface area contributed by atoms with E-state index in [9.17, 15) is 25.2 Å². The van der Waals surface area contributed by atoms with Crippen LogP contribution in [-0.4, -0.2) is 39.6 Å². The van der Waals surface area contributed by atoms with Crippen LogP contribution in [0.4, 0.5) is 0 Å². The van der Waals surface area contributed by atoms with Gasteiger partial charge in [-0.25, -0.2) is 0 Å². The van der Waals surface area contributed by atoms with E-state index in [0.717, 1.165) is 44.9 Å². The van der Waals surface area contributed by atoms with Crippen LogP contribution in [0.3, 0.4) is 0 Å². The molecular weight excluding hydrogens is 368 g/mol. The summed E-state index contributed by atoms with van der Waals surface area (Å²) in [6.07, 6.45) is 5.72. The molecule has 0 bridgehead atoms. The number of aliphatic carboxylic acids is 1. The van der Waals surface area contributed by atoms with Crippen molar-refractivity contribution in [1.29, 1.82) is 0 Å². The molecular formula is C24H39O5-. The summed E-state index contributed by atoms with van der Waals surface area (Å²) >= 11 is 0. The van der Waals surface area contributed by atoms with Gasteiger partial charge in [0.2, 0.25) is 0 Å². The number of hydrogen-bond donors (Lipinski definition) is 3. The molecule has 5 nitrogen and oxygen atoms in total. The third-order valence-electron chi connectivity index (χ3n) is 10.3. The summed E-state index contributed by atoms with van der Waals surface area (Å²) in [6, 6.07) is 0. The number of carboxylic acid groups (broad SMARTS) is 1. The molecule has 4 fully saturated rings. The SMILES string of the molecule is C[C@H](CCC(=O)[O-])[C@H]1CC[C@H]2[C@@H]3[C@@H](O)C[C@@H]4C[C@H](O)CC[C@]4(C)[C@H]3C[C@H](O)[C@]12C. The van der Waals surface area contributed by atoms with E-state index in [-0.39, 0.29) is 53.1 Å². The summed E-state index contributed by atoms with van der Waals surface area (Å²) in [5.41, 5.74) is -0.172. The Kier molecular flexibility index (Phi) is 5.57. The lowest BCUT2D eigenvalue weighted by molar-refractivity contribution is -0.306. The van der Waals surface area contributed by atoms with E-state index in [2.05, 4.69) is 20.8 Å². The van der Waals surface area contributed by atoms with E-state index in [1.807, 2.05) is 0 Å². The maximum atomic E-state index is 11.5. The Morgan fingerprint density at radius 3 is 2.48 bits per heavy atom. The quantitative estimate of drug-likeness (QED) is 0.663. The average Bonchev–Trinajstić information content (AvgIpc) is 3.01. The van der Waals surface area contributed by atoms with E-state index in [4.69, 9.17) is 0 Å². The summed E-state index contributed by atoms with van der Waals surface area (Å²) in [4.78, 5) is 11.0. The molecule has 0 aliphatic heterocycles. The molecule has 0 aromatic rings. The predicted molar refractivity (Wildman–Crippen MR) is 107 cm³/mol. The summed E-state index contributed by atoms with van der Waals surface area (Å²) in [6.45, 7) is 6.67. The van der Waals surface area contributed by atoms with Gasteiger partial charge >= 0.3 is 0 Å². The molecule has 0 unspecified atom stereocenters. The first-order valence-electron chi connectivity index (χ1n) is 11.8. The standard InChI is InChI=1S/C24H40O5/c1-13(4-7-21(28)29)16-5-6-17-22-18(12-20(27)24(16,17)3)23(2)9-8-15(25)10-14(23)11-19(22)26/h13-20,22,25-27H,4-12H2,1-3H3,(H,28,29)/p-1/t13-,14+,15-,16-,17+,18+,19+,20+,22+,23+,24-/m1/s1. The third kappa shape index (κ3) is 3.27. The zero-order valence-corrected chi connectivity index (χ0v) is 18.2. The first-order chi connectivity index (χ1) is 13.6. The minimum Gasteiger partial charge on any atom is -0.550 e. The van der Waals surface area contributed by atoms with E-state index >= 15 is 0 Å². The van der Waals surface area contributed by atoms with Gasteiger partial charge in [0.05, 0.1) is 18.3 Å². The predicted octanol–water partition coefficient (Wildman–Crippen LogP) is 2.11. The van der Waals surface area contributed by atoms with Crippen molar-refractivity contribution in [1.82, 2.24) is 0 Å². The summed E-state index contributed by atoms with van der Waals surface area (Å²) in [5.74, 6) is 0.635. The largest absolute Gasteiger partial charge is 0.550 e. The van der Waals surface area contributed by atoms with Crippen molar-refractivity contribution in [3.8, 4) is 0 Å². The molecule has 4 aliphatic carbocycles. The number of carbonyl (C=O) groups is 1. The molecule has 0 saturated heterocycles. The first kappa shape index (κ1) is 21.6. The van der Waals surface area contributed by atoms with Crippen molar-refractivity contribution in [2.24, 2.45) is 46.3 Å². The van der Waals surface area contributed by atoms with E-state index in [0.29, 0.717) is 18.3 Å². The Morgan fingerprint density at radius 1 is 1.07 bits per heavy atom. The Morgan fingerprint density at radius 2 is 1.79 bits per heavy atom. The fraction of sp³-hybridized carbons (Fsp3) is 0.958. The van der Waals surface area contributed by atoms with E-state index < -0.39 is 12.1 Å². The van der Waals surface area contributed by atoms with Crippen LogP contribution in [0.5, 0.6) is 0 Å². The molecule has 4 rings (SSSR count). The number of rotatable bonds is 4. The monoisotopic (exact) mass is 407 g/mol. The van der Waals surface area contributed by atoms with Crippen molar-refractivity contribution in [3.63, 3.8) is 0 Å². The minimum absolute atomic E-state index is 0.0747. The Hall–Kier alpha value is -0.650. The zero-order valence-electron chi connectivity index (χ0n) is 18.2. The van der Waals surface area contributed by atoms with Crippen LogP contribution in [0.25, 0.3) is 0 Å². The fourth-order valence-electron chi connectivity index (χ4n) is 8.68. The number of hydrogen-bond acceptors (Lipinski definition) is 5. The highest BCUT2D eigenvalue weighted by Crippen LogP contribution is 2.68. The van der Waals surface area contributed by atoms with Gasteiger partial charge in [0.1, 0.15) is 0 Å². The number of carboxylic acids is 1. The van der Waals surface area contributed by atoms with Crippen molar-refractivity contribution < 1.29 is 25.2 Å². The molecule has 0 amide bonds. The van der Waals surface area contributed by atoms with Crippen molar-refractivity contribution in [3.05, 3.63) is 0 Å². The van der Waals surface area contributed by atoms with Crippen molar-refractivity contribution >= 4 is 5.97 Å². The number of fused-ring (bicyclic) bond motifs is 5. The summed E-state index contributed by atoms with van der Waals surface area (Å²) < 4.78 is 0. The van der Waals surface area contributed by atoms with Gasteiger partial charge in [0, 0.05) is 5.97 Å². The number of carbonyl (C=O) groups excluding carboxylic acids is 1. The second-order valence-corrected chi connectivity index (χ2v) is 11.4. The van der Waals surface area contributed by atoms with Crippen molar-refractivity contribution in [2.75, 3.05) is 0 Å². The van der Waals surface area contributed by atoms with Gasteiger partial charge in [0.15, 0.2) is 0 Å². The molecule has 0 spiro atoms. The van der Waals surface area contributed by atoms with Crippen LogP contribution in [0.1, 0.15) is 78.6 Å². The first-order valence-corrected chi connectivity index (χ1v) is 11.8. The van der Waals surface area contributed by atoms with Crippen LogP contribution in [0.15, 0.2) is 0 Å². The zero-order chi connectivity index (χ0) is 21.1. The topological polar surface area (TPSA) is 101 Å². The van der Waals surface area contributed by atoms with Gasteiger partial charge in [-0.05, 0) is 104 Å². The van der Waals surface area contributed by atoms with Gasteiger partial charge in [0.25, 0.3) is 0 Å².